The second kappa shape index (κ2) is 5.31. The number of likely N-dealkylation sites (tertiary alicyclic amines) is 1. The van der Waals surface area contributed by atoms with Gasteiger partial charge in [0, 0.05) is 24.4 Å². The number of sulfone groups is 1. The van der Waals surface area contributed by atoms with Gasteiger partial charge in [-0.25, -0.2) is 8.42 Å². The maximum Gasteiger partial charge on any atom is 0.255 e. The highest BCUT2D eigenvalue weighted by molar-refractivity contribution is 7.91. The summed E-state index contributed by atoms with van der Waals surface area (Å²) in [7, 11) is -3.12. The van der Waals surface area contributed by atoms with Crippen LogP contribution in [-0.2, 0) is 9.84 Å². The molecule has 0 spiro atoms. The maximum absolute atomic E-state index is 12.3. The Morgan fingerprint density at radius 2 is 2.05 bits per heavy atom. The smallest absolute Gasteiger partial charge is 0.255 e. The SMILES string of the molecule is CS(=O)(=O)C1CCN(C(=O)c2cc(Cl)ccc2Cl)C1. The second-order valence-corrected chi connectivity index (χ2v) is 7.78. The van der Waals surface area contributed by atoms with Crippen LogP contribution in [0.5, 0.6) is 0 Å². The third-order valence-corrected chi connectivity index (χ3v) is 5.36. The van der Waals surface area contributed by atoms with E-state index in [1.807, 2.05) is 0 Å². The van der Waals surface area contributed by atoms with Crippen LogP contribution in [0.25, 0.3) is 0 Å². The summed E-state index contributed by atoms with van der Waals surface area (Å²) in [6, 6.07) is 4.66. The molecule has 1 unspecified atom stereocenters. The van der Waals surface area contributed by atoms with Crippen LogP contribution in [0.4, 0.5) is 0 Å². The van der Waals surface area contributed by atoms with E-state index in [-0.39, 0.29) is 12.5 Å². The zero-order valence-electron chi connectivity index (χ0n) is 10.3. The third-order valence-electron chi connectivity index (χ3n) is 3.20. The van der Waals surface area contributed by atoms with Gasteiger partial charge in [0.15, 0.2) is 9.84 Å². The predicted molar refractivity (Wildman–Crippen MR) is 75.6 cm³/mol. The van der Waals surface area contributed by atoms with Crippen molar-refractivity contribution in [3.63, 3.8) is 0 Å². The Bertz CT molecular complexity index is 615. The number of nitrogens with zero attached hydrogens (tertiary/aromatic N) is 1. The summed E-state index contributed by atoms with van der Waals surface area (Å²) in [6.07, 6.45) is 1.65. The fraction of sp³-hybridized carbons (Fsp3) is 0.417. The van der Waals surface area contributed by atoms with Crippen molar-refractivity contribution in [3.8, 4) is 0 Å². The highest BCUT2D eigenvalue weighted by atomic mass is 35.5. The number of amides is 1. The first kappa shape index (κ1) is 14.6. The molecule has 2 rings (SSSR count). The third kappa shape index (κ3) is 3.22. The molecule has 1 fully saturated rings. The molecular formula is C12H13Cl2NO3S. The second-order valence-electron chi connectivity index (χ2n) is 4.62. The standard InChI is InChI=1S/C12H13Cl2NO3S/c1-19(17,18)9-4-5-15(7-9)12(16)10-6-8(13)2-3-11(10)14/h2-3,6,9H,4-5,7H2,1H3. The molecule has 1 amide bonds. The number of benzene rings is 1. The quantitative estimate of drug-likeness (QED) is 0.839. The molecule has 0 aromatic heterocycles. The lowest BCUT2D eigenvalue weighted by Crippen LogP contribution is -2.31. The molecule has 1 saturated heterocycles. The Kier molecular flexibility index (Phi) is 4.08. The zero-order chi connectivity index (χ0) is 14.2. The monoisotopic (exact) mass is 321 g/mol. The average Bonchev–Trinajstić information content (AvgIpc) is 2.80. The Morgan fingerprint density at radius 1 is 1.37 bits per heavy atom. The van der Waals surface area contributed by atoms with Crippen molar-refractivity contribution in [1.29, 1.82) is 0 Å². The van der Waals surface area contributed by atoms with Gasteiger partial charge in [-0.05, 0) is 24.6 Å². The zero-order valence-corrected chi connectivity index (χ0v) is 12.6. The first-order chi connectivity index (χ1) is 8.79. The first-order valence-electron chi connectivity index (χ1n) is 5.72. The van der Waals surface area contributed by atoms with Crippen LogP contribution < -0.4 is 0 Å². The van der Waals surface area contributed by atoms with E-state index in [1.165, 1.54) is 17.2 Å². The van der Waals surface area contributed by atoms with Gasteiger partial charge in [-0.15, -0.1) is 0 Å². The van der Waals surface area contributed by atoms with Crippen molar-refractivity contribution in [1.82, 2.24) is 4.90 Å². The van der Waals surface area contributed by atoms with Gasteiger partial charge in [-0.2, -0.15) is 0 Å². The molecule has 4 nitrogen and oxygen atoms in total. The first-order valence-corrected chi connectivity index (χ1v) is 8.43. The molecule has 1 aliphatic heterocycles. The minimum atomic E-state index is -3.12. The van der Waals surface area contributed by atoms with Crippen LogP contribution in [0, 0.1) is 0 Å². The van der Waals surface area contributed by atoms with E-state index in [0.29, 0.717) is 28.6 Å². The molecule has 0 radical (unpaired) electrons. The number of hydrogen-bond acceptors (Lipinski definition) is 3. The lowest BCUT2D eigenvalue weighted by molar-refractivity contribution is 0.0793. The molecule has 1 aliphatic rings. The van der Waals surface area contributed by atoms with E-state index in [1.54, 1.807) is 12.1 Å². The van der Waals surface area contributed by atoms with Gasteiger partial charge >= 0.3 is 0 Å². The van der Waals surface area contributed by atoms with Gasteiger partial charge < -0.3 is 4.90 Å². The highest BCUT2D eigenvalue weighted by Crippen LogP contribution is 2.25. The van der Waals surface area contributed by atoms with Gasteiger partial charge in [-0.1, -0.05) is 23.2 Å². The molecule has 1 atom stereocenters. The van der Waals surface area contributed by atoms with Crippen molar-refractivity contribution in [2.24, 2.45) is 0 Å². The van der Waals surface area contributed by atoms with Gasteiger partial charge in [0.1, 0.15) is 0 Å². The van der Waals surface area contributed by atoms with Crippen LogP contribution in [0.3, 0.4) is 0 Å². The molecule has 1 heterocycles. The van der Waals surface area contributed by atoms with Crippen molar-refractivity contribution in [3.05, 3.63) is 33.8 Å². The molecule has 0 bridgehead atoms. The van der Waals surface area contributed by atoms with E-state index >= 15 is 0 Å². The Balaban J connectivity index is 2.20. The summed E-state index contributed by atoms with van der Waals surface area (Å²) in [6.45, 7) is 0.625. The van der Waals surface area contributed by atoms with Crippen LogP contribution in [-0.4, -0.2) is 43.8 Å². The fourth-order valence-electron chi connectivity index (χ4n) is 2.09. The fourth-order valence-corrected chi connectivity index (χ4v) is 3.45. The van der Waals surface area contributed by atoms with Crippen LogP contribution in [0.15, 0.2) is 18.2 Å². The van der Waals surface area contributed by atoms with Crippen molar-refractivity contribution in [2.45, 2.75) is 11.7 Å². The normalized spacial score (nSPS) is 19.7. The largest absolute Gasteiger partial charge is 0.337 e. The molecule has 0 N–H and O–H groups in total. The highest BCUT2D eigenvalue weighted by Gasteiger charge is 2.33. The average molecular weight is 322 g/mol. The van der Waals surface area contributed by atoms with Gasteiger partial charge in [-0.3, -0.25) is 4.79 Å². The van der Waals surface area contributed by atoms with Crippen molar-refractivity contribution >= 4 is 38.9 Å². The summed E-state index contributed by atoms with van der Waals surface area (Å²) in [4.78, 5) is 13.8. The summed E-state index contributed by atoms with van der Waals surface area (Å²) >= 11 is 11.8. The topological polar surface area (TPSA) is 54.5 Å². The molecular weight excluding hydrogens is 309 g/mol. The van der Waals surface area contributed by atoms with Crippen LogP contribution in [0.2, 0.25) is 10.0 Å². The predicted octanol–water partition coefficient (Wildman–Crippen LogP) is 2.25. The minimum absolute atomic E-state index is 0.209. The lowest BCUT2D eigenvalue weighted by Gasteiger charge is -2.17. The molecule has 0 saturated carbocycles. The molecule has 1 aromatic rings. The number of carbonyl (C=O) groups excluding carboxylic acids is 1. The molecule has 19 heavy (non-hydrogen) atoms. The van der Waals surface area contributed by atoms with E-state index in [0.717, 1.165) is 0 Å². The molecule has 104 valence electrons. The summed E-state index contributed by atoms with van der Waals surface area (Å²) in [5.41, 5.74) is 0.309. The Hall–Kier alpha value is -0.780. The summed E-state index contributed by atoms with van der Waals surface area (Å²) in [5.74, 6) is -0.279. The molecule has 1 aromatic carbocycles. The van der Waals surface area contributed by atoms with Crippen LogP contribution >= 0.6 is 23.2 Å². The van der Waals surface area contributed by atoms with E-state index < -0.39 is 15.1 Å². The van der Waals surface area contributed by atoms with Gasteiger partial charge in [0.2, 0.25) is 0 Å². The molecule has 7 heteroatoms. The lowest BCUT2D eigenvalue weighted by atomic mass is 10.2. The molecule has 0 aliphatic carbocycles. The van der Waals surface area contributed by atoms with E-state index in [2.05, 4.69) is 0 Å². The van der Waals surface area contributed by atoms with Crippen molar-refractivity contribution in [2.75, 3.05) is 19.3 Å². The number of halogens is 2. The van der Waals surface area contributed by atoms with Gasteiger partial charge in [0.25, 0.3) is 5.91 Å². The summed E-state index contributed by atoms with van der Waals surface area (Å²) < 4.78 is 22.9. The van der Waals surface area contributed by atoms with E-state index in [4.69, 9.17) is 23.2 Å². The minimum Gasteiger partial charge on any atom is -0.337 e. The van der Waals surface area contributed by atoms with E-state index in [9.17, 15) is 13.2 Å². The number of rotatable bonds is 2. The Labute approximate surface area is 122 Å². The number of hydrogen-bond donors (Lipinski definition) is 0. The van der Waals surface area contributed by atoms with Crippen molar-refractivity contribution < 1.29 is 13.2 Å². The summed E-state index contributed by atoms with van der Waals surface area (Å²) in [5, 5.41) is 0.248. The maximum atomic E-state index is 12.3. The van der Waals surface area contributed by atoms with Crippen LogP contribution in [0.1, 0.15) is 16.8 Å². The Morgan fingerprint density at radius 3 is 2.63 bits per heavy atom. The van der Waals surface area contributed by atoms with Gasteiger partial charge in [0.05, 0.1) is 15.8 Å². The number of carbonyl (C=O) groups is 1.